The number of carboxylic acid groups (broad SMARTS) is 1. The molecule has 1 aromatic rings. The molecule has 0 saturated carbocycles. The van der Waals surface area contributed by atoms with E-state index in [0.717, 1.165) is 0 Å². The molecule has 0 aromatic heterocycles. The molecule has 0 amide bonds. The number of hydrogen-bond donors (Lipinski definition) is 1. The highest BCUT2D eigenvalue weighted by molar-refractivity contribution is 7.98. The molecule has 0 fully saturated rings. The fraction of sp³-hybridized carbons (Fsp3) is 0.273. The summed E-state index contributed by atoms with van der Waals surface area (Å²) in [5.74, 6) is -0.402. The SMILES string of the molecule is N#Cc1ccc(F)c(CSCCC(=O)O)c1. The highest BCUT2D eigenvalue weighted by Gasteiger charge is 2.04. The maximum absolute atomic E-state index is 13.3. The van der Waals surface area contributed by atoms with Gasteiger partial charge < -0.3 is 5.11 Å². The minimum absolute atomic E-state index is 0.0597. The lowest BCUT2D eigenvalue weighted by Gasteiger charge is -2.02. The Kier molecular flexibility index (Phi) is 4.80. The molecule has 0 saturated heterocycles. The van der Waals surface area contributed by atoms with E-state index in [-0.39, 0.29) is 12.2 Å². The summed E-state index contributed by atoms with van der Waals surface area (Å²) in [5.41, 5.74) is 0.852. The third-order valence-corrected chi connectivity index (χ3v) is 2.90. The Morgan fingerprint density at radius 2 is 2.31 bits per heavy atom. The van der Waals surface area contributed by atoms with Gasteiger partial charge in [-0.15, -0.1) is 0 Å². The average molecular weight is 239 g/mol. The monoisotopic (exact) mass is 239 g/mol. The highest BCUT2D eigenvalue weighted by atomic mass is 32.2. The van der Waals surface area contributed by atoms with E-state index in [0.29, 0.717) is 22.6 Å². The summed E-state index contributed by atoms with van der Waals surface area (Å²) in [4.78, 5) is 10.2. The molecule has 0 atom stereocenters. The molecule has 0 spiro atoms. The van der Waals surface area contributed by atoms with Crippen molar-refractivity contribution in [2.45, 2.75) is 12.2 Å². The summed E-state index contributed by atoms with van der Waals surface area (Å²) in [5, 5.41) is 17.1. The Balaban J connectivity index is 2.53. The van der Waals surface area contributed by atoms with E-state index in [1.54, 1.807) is 0 Å². The van der Waals surface area contributed by atoms with Crippen LogP contribution in [0.1, 0.15) is 17.5 Å². The van der Waals surface area contributed by atoms with Crippen molar-refractivity contribution in [3.63, 3.8) is 0 Å². The molecular formula is C11H10FNO2S. The van der Waals surface area contributed by atoms with Gasteiger partial charge in [-0.3, -0.25) is 4.79 Å². The predicted molar refractivity (Wildman–Crippen MR) is 59.5 cm³/mol. The van der Waals surface area contributed by atoms with Crippen LogP contribution >= 0.6 is 11.8 Å². The quantitative estimate of drug-likeness (QED) is 0.801. The third kappa shape index (κ3) is 3.91. The maximum Gasteiger partial charge on any atom is 0.304 e. The van der Waals surface area contributed by atoms with Crippen LogP contribution in [0.3, 0.4) is 0 Å². The van der Waals surface area contributed by atoms with Crippen molar-refractivity contribution in [3.05, 3.63) is 35.1 Å². The lowest BCUT2D eigenvalue weighted by molar-refractivity contribution is -0.136. The average Bonchev–Trinajstić information content (AvgIpc) is 2.26. The van der Waals surface area contributed by atoms with Gasteiger partial charge in [0.05, 0.1) is 18.1 Å². The van der Waals surface area contributed by atoms with E-state index >= 15 is 0 Å². The van der Waals surface area contributed by atoms with Gasteiger partial charge in [0, 0.05) is 11.5 Å². The maximum atomic E-state index is 13.3. The zero-order valence-corrected chi connectivity index (χ0v) is 9.26. The Morgan fingerprint density at radius 1 is 1.56 bits per heavy atom. The van der Waals surface area contributed by atoms with Crippen molar-refractivity contribution in [1.29, 1.82) is 5.26 Å². The standard InChI is InChI=1S/C11H10FNO2S/c12-10-2-1-8(6-13)5-9(10)7-16-4-3-11(14)15/h1-2,5H,3-4,7H2,(H,14,15). The predicted octanol–water partition coefficient (Wildman–Crippen LogP) is 2.41. The lowest BCUT2D eigenvalue weighted by atomic mass is 10.1. The van der Waals surface area contributed by atoms with Gasteiger partial charge in [0.2, 0.25) is 0 Å². The van der Waals surface area contributed by atoms with E-state index < -0.39 is 5.97 Å². The van der Waals surface area contributed by atoms with Gasteiger partial charge in [0.1, 0.15) is 5.82 Å². The van der Waals surface area contributed by atoms with E-state index in [1.807, 2.05) is 6.07 Å². The summed E-state index contributed by atoms with van der Waals surface area (Å²) in [6, 6.07) is 6.10. The first kappa shape index (κ1) is 12.5. The van der Waals surface area contributed by atoms with E-state index in [9.17, 15) is 9.18 Å². The fourth-order valence-corrected chi connectivity index (χ4v) is 2.00. The Bertz CT molecular complexity index is 428. The van der Waals surface area contributed by atoms with Gasteiger partial charge in [-0.25, -0.2) is 4.39 Å². The number of hydrogen-bond acceptors (Lipinski definition) is 3. The van der Waals surface area contributed by atoms with Crippen LogP contribution in [0, 0.1) is 17.1 Å². The first-order valence-corrected chi connectivity index (χ1v) is 5.77. The second-order valence-corrected chi connectivity index (χ2v) is 4.22. The molecule has 0 bridgehead atoms. The topological polar surface area (TPSA) is 61.1 Å². The first-order valence-electron chi connectivity index (χ1n) is 4.61. The number of halogens is 1. The summed E-state index contributed by atoms with van der Waals surface area (Å²) >= 11 is 1.34. The molecule has 1 aromatic carbocycles. The van der Waals surface area contributed by atoms with Gasteiger partial charge in [0.25, 0.3) is 0 Å². The largest absolute Gasteiger partial charge is 0.481 e. The minimum atomic E-state index is -0.862. The van der Waals surface area contributed by atoms with Gasteiger partial charge >= 0.3 is 5.97 Å². The normalized spacial score (nSPS) is 9.75. The fourth-order valence-electron chi connectivity index (χ4n) is 1.10. The third-order valence-electron chi connectivity index (χ3n) is 1.89. The minimum Gasteiger partial charge on any atom is -0.481 e. The Labute approximate surface area is 96.9 Å². The zero-order chi connectivity index (χ0) is 12.0. The van der Waals surface area contributed by atoms with Gasteiger partial charge in [-0.05, 0) is 23.8 Å². The van der Waals surface area contributed by atoms with Crippen molar-refractivity contribution >= 4 is 17.7 Å². The molecule has 0 unspecified atom stereocenters. The molecule has 0 radical (unpaired) electrons. The number of nitrogens with zero attached hydrogens (tertiary/aromatic N) is 1. The van der Waals surface area contributed by atoms with Gasteiger partial charge in [-0.1, -0.05) is 0 Å². The second-order valence-electron chi connectivity index (χ2n) is 3.11. The molecule has 5 heteroatoms. The van der Waals surface area contributed by atoms with Crippen LogP contribution in [0.5, 0.6) is 0 Å². The Morgan fingerprint density at radius 3 is 2.94 bits per heavy atom. The van der Waals surface area contributed by atoms with Crippen LogP contribution in [0.25, 0.3) is 0 Å². The summed E-state index contributed by atoms with van der Waals surface area (Å²) in [6.07, 6.45) is 0.0597. The van der Waals surface area contributed by atoms with E-state index in [1.165, 1.54) is 30.0 Å². The zero-order valence-electron chi connectivity index (χ0n) is 8.44. The number of rotatable bonds is 5. The highest BCUT2D eigenvalue weighted by Crippen LogP contribution is 2.17. The Hall–Kier alpha value is -1.54. The number of carbonyl (C=O) groups is 1. The van der Waals surface area contributed by atoms with E-state index in [4.69, 9.17) is 10.4 Å². The van der Waals surface area contributed by atoms with Crippen LogP contribution in [0.4, 0.5) is 4.39 Å². The van der Waals surface area contributed by atoms with Crippen molar-refractivity contribution in [1.82, 2.24) is 0 Å². The smallest absolute Gasteiger partial charge is 0.304 e. The molecule has 84 valence electrons. The number of nitriles is 1. The van der Waals surface area contributed by atoms with E-state index in [2.05, 4.69) is 0 Å². The number of thioether (sulfide) groups is 1. The van der Waals surface area contributed by atoms with Gasteiger partial charge in [-0.2, -0.15) is 17.0 Å². The van der Waals surface area contributed by atoms with Gasteiger partial charge in [0.15, 0.2) is 0 Å². The van der Waals surface area contributed by atoms with Crippen LogP contribution in [0.2, 0.25) is 0 Å². The van der Waals surface area contributed by atoms with Crippen LogP contribution in [0.15, 0.2) is 18.2 Å². The number of aliphatic carboxylic acids is 1. The van der Waals surface area contributed by atoms with Crippen LogP contribution in [-0.2, 0) is 10.5 Å². The summed E-state index contributed by atoms with van der Waals surface area (Å²) < 4.78 is 13.3. The molecule has 0 aliphatic carbocycles. The molecule has 0 aliphatic rings. The number of benzene rings is 1. The van der Waals surface area contributed by atoms with Crippen molar-refractivity contribution in [3.8, 4) is 6.07 Å². The van der Waals surface area contributed by atoms with Crippen LogP contribution in [-0.4, -0.2) is 16.8 Å². The van der Waals surface area contributed by atoms with Crippen molar-refractivity contribution < 1.29 is 14.3 Å². The van der Waals surface area contributed by atoms with Crippen LogP contribution < -0.4 is 0 Å². The molecule has 16 heavy (non-hydrogen) atoms. The molecule has 0 aliphatic heterocycles. The second kappa shape index (κ2) is 6.13. The molecule has 1 rings (SSSR count). The summed E-state index contributed by atoms with van der Waals surface area (Å²) in [7, 11) is 0. The van der Waals surface area contributed by atoms with Crippen molar-refractivity contribution in [2.24, 2.45) is 0 Å². The van der Waals surface area contributed by atoms with Crippen molar-refractivity contribution in [2.75, 3.05) is 5.75 Å². The lowest BCUT2D eigenvalue weighted by Crippen LogP contribution is -1.97. The number of carboxylic acids is 1. The molecule has 0 heterocycles. The first-order chi connectivity index (χ1) is 7.63. The molecular weight excluding hydrogens is 229 g/mol. The molecule has 1 N–H and O–H groups in total. The summed E-state index contributed by atoms with van der Waals surface area (Å²) in [6.45, 7) is 0. The molecule has 3 nitrogen and oxygen atoms in total.